The molecule has 0 bridgehead atoms. The lowest BCUT2D eigenvalue weighted by Gasteiger charge is -2.32. The second-order valence-corrected chi connectivity index (χ2v) is 9.18. The Labute approximate surface area is 187 Å². The maximum Gasteiger partial charge on any atom is 0.331 e. The van der Waals surface area contributed by atoms with E-state index in [4.69, 9.17) is 0 Å². The molecule has 1 saturated heterocycles. The number of carbonyl (C=O) groups excluding carboxylic acids is 1. The first-order valence-corrected chi connectivity index (χ1v) is 10.8. The number of β-amino-alcohol motifs (C(OH)–C–C–N with tert-alkyl or cyclic N) is 1. The van der Waals surface area contributed by atoms with Gasteiger partial charge in [0.2, 0.25) is 0 Å². The van der Waals surface area contributed by atoms with Crippen LogP contribution in [0, 0.1) is 13.8 Å². The number of urea groups is 1. The summed E-state index contributed by atoms with van der Waals surface area (Å²) in [7, 11) is 0. The molecule has 1 N–H and O–H groups in total. The molecule has 2 amide bonds. The number of nitrogens with zero attached hydrogens (tertiary/aromatic N) is 2. The maximum absolute atomic E-state index is 13.5. The molecule has 1 aliphatic rings. The monoisotopic (exact) mass is 514 g/mol. The molecule has 1 atom stereocenters. The minimum absolute atomic E-state index is 0.131. The second-order valence-electron chi connectivity index (χ2n) is 7.35. The largest absolute Gasteiger partial charge is 0.365 e. The van der Waals surface area contributed by atoms with Gasteiger partial charge in [0, 0.05) is 25.9 Å². The highest BCUT2D eigenvalue weighted by molar-refractivity contribution is 9.10. The van der Waals surface area contributed by atoms with Crippen molar-refractivity contribution in [1.29, 1.82) is 0 Å². The Hall–Kier alpha value is -2.15. The van der Waals surface area contributed by atoms with E-state index in [1.165, 1.54) is 4.90 Å². The third-order valence-corrected chi connectivity index (χ3v) is 6.14. The minimum atomic E-state index is -1.49. The minimum Gasteiger partial charge on any atom is -0.365 e. The maximum atomic E-state index is 13.5. The molecule has 3 aromatic rings. The summed E-state index contributed by atoms with van der Waals surface area (Å²) >= 11 is 6.87. The summed E-state index contributed by atoms with van der Waals surface area (Å²) in [5, 5.41) is 11.9. The van der Waals surface area contributed by atoms with Gasteiger partial charge in [-0.05, 0) is 62.4 Å². The van der Waals surface area contributed by atoms with Gasteiger partial charge < -0.3 is 5.11 Å². The van der Waals surface area contributed by atoms with Crippen LogP contribution in [0.15, 0.2) is 75.7 Å². The highest BCUT2D eigenvalue weighted by atomic mass is 79.9. The highest BCUT2D eigenvalue weighted by Crippen LogP contribution is 2.41. The average molecular weight is 516 g/mol. The summed E-state index contributed by atoms with van der Waals surface area (Å²) in [6, 6.07) is 20.6. The Balaban J connectivity index is 1.86. The number of amides is 2. The Morgan fingerprint density at radius 2 is 1.31 bits per heavy atom. The van der Waals surface area contributed by atoms with Crippen molar-refractivity contribution in [3.63, 3.8) is 0 Å². The van der Waals surface area contributed by atoms with Gasteiger partial charge >= 0.3 is 6.03 Å². The summed E-state index contributed by atoms with van der Waals surface area (Å²) in [4.78, 5) is 16.6. The molecule has 0 saturated carbocycles. The van der Waals surface area contributed by atoms with Gasteiger partial charge in [0.25, 0.3) is 0 Å². The van der Waals surface area contributed by atoms with Gasteiger partial charge in [0.15, 0.2) is 5.72 Å². The van der Waals surface area contributed by atoms with Crippen LogP contribution in [-0.4, -0.2) is 17.7 Å². The van der Waals surface area contributed by atoms with Crippen LogP contribution in [0.1, 0.15) is 16.7 Å². The van der Waals surface area contributed by atoms with Gasteiger partial charge in [-0.25, -0.2) is 4.79 Å². The topological polar surface area (TPSA) is 43.8 Å². The first kappa shape index (κ1) is 20.1. The molecule has 1 heterocycles. The molecule has 29 heavy (non-hydrogen) atoms. The molecule has 6 heteroatoms. The zero-order valence-electron chi connectivity index (χ0n) is 16.1. The second kappa shape index (κ2) is 7.59. The van der Waals surface area contributed by atoms with Crippen molar-refractivity contribution in [2.45, 2.75) is 19.6 Å². The smallest absolute Gasteiger partial charge is 0.331 e. The summed E-state index contributed by atoms with van der Waals surface area (Å²) in [6.07, 6.45) is 0. The van der Waals surface area contributed by atoms with Crippen molar-refractivity contribution < 1.29 is 9.90 Å². The molecule has 4 nitrogen and oxygen atoms in total. The van der Waals surface area contributed by atoms with E-state index in [2.05, 4.69) is 37.9 Å². The number of aliphatic hydroxyl groups is 1. The number of aryl methyl sites for hydroxylation is 2. The van der Waals surface area contributed by atoms with Crippen molar-refractivity contribution in [1.82, 2.24) is 0 Å². The number of anilines is 2. The van der Waals surface area contributed by atoms with Gasteiger partial charge in [-0.3, -0.25) is 9.80 Å². The SMILES string of the molecule is Cc1cc(C)cc(C2(O)CN(c3ccc(Br)cc3)C(=O)N2c2ccc(Br)cc2)c1. The average Bonchev–Trinajstić information content (AvgIpc) is 2.95. The predicted molar refractivity (Wildman–Crippen MR) is 123 cm³/mol. The quantitative estimate of drug-likeness (QED) is 0.456. The third-order valence-electron chi connectivity index (χ3n) is 5.08. The molecule has 0 radical (unpaired) electrons. The number of benzene rings is 3. The van der Waals surface area contributed by atoms with Crippen LogP contribution in [0.3, 0.4) is 0 Å². The molecule has 1 unspecified atom stereocenters. The molecular weight excluding hydrogens is 496 g/mol. The van der Waals surface area contributed by atoms with Gasteiger partial charge in [-0.1, -0.05) is 61.2 Å². The van der Waals surface area contributed by atoms with Gasteiger partial charge in [-0.2, -0.15) is 0 Å². The lowest BCUT2D eigenvalue weighted by Crippen LogP contribution is -2.45. The molecule has 0 aliphatic carbocycles. The van der Waals surface area contributed by atoms with E-state index in [1.807, 2.05) is 74.5 Å². The Kier molecular flexibility index (Phi) is 5.27. The number of hydrogen-bond donors (Lipinski definition) is 1. The van der Waals surface area contributed by atoms with Crippen LogP contribution >= 0.6 is 31.9 Å². The zero-order valence-corrected chi connectivity index (χ0v) is 19.2. The molecule has 1 fully saturated rings. The van der Waals surface area contributed by atoms with Crippen molar-refractivity contribution in [3.05, 3.63) is 92.4 Å². The fourth-order valence-corrected chi connectivity index (χ4v) is 4.33. The van der Waals surface area contributed by atoms with Gasteiger partial charge in [-0.15, -0.1) is 0 Å². The Bertz CT molecular complexity index is 1050. The lowest BCUT2D eigenvalue weighted by atomic mass is 9.97. The number of carbonyl (C=O) groups is 1. The van der Waals surface area contributed by atoms with Crippen molar-refractivity contribution in [2.75, 3.05) is 16.3 Å². The first-order valence-electron chi connectivity index (χ1n) is 9.22. The normalized spacial score (nSPS) is 19.1. The fourth-order valence-electron chi connectivity index (χ4n) is 3.80. The van der Waals surface area contributed by atoms with Crippen molar-refractivity contribution in [3.8, 4) is 0 Å². The lowest BCUT2D eigenvalue weighted by molar-refractivity contribution is 0.0654. The third kappa shape index (κ3) is 3.72. The Morgan fingerprint density at radius 1 is 0.828 bits per heavy atom. The van der Waals surface area contributed by atoms with E-state index < -0.39 is 5.72 Å². The molecule has 1 aliphatic heterocycles. The molecule has 148 valence electrons. The van der Waals surface area contributed by atoms with E-state index in [-0.39, 0.29) is 12.6 Å². The number of hydrogen-bond acceptors (Lipinski definition) is 2. The first-order chi connectivity index (χ1) is 13.8. The fraction of sp³-hybridized carbons (Fsp3) is 0.174. The van der Waals surface area contributed by atoms with E-state index in [9.17, 15) is 9.90 Å². The van der Waals surface area contributed by atoms with Gasteiger partial charge in [0.05, 0.1) is 6.54 Å². The summed E-state index contributed by atoms with van der Waals surface area (Å²) in [5.74, 6) is 0. The predicted octanol–water partition coefficient (Wildman–Crippen LogP) is 6.12. The number of halogens is 2. The van der Waals surface area contributed by atoms with E-state index >= 15 is 0 Å². The number of rotatable bonds is 3. The van der Waals surface area contributed by atoms with Crippen molar-refractivity contribution >= 4 is 49.3 Å². The Morgan fingerprint density at radius 3 is 1.83 bits per heavy atom. The zero-order chi connectivity index (χ0) is 20.8. The van der Waals surface area contributed by atoms with Gasteiger partial charge in [0.1, 0.15) is 0 Å². The van der Waals surface area contributed by atoms with Crippen LogP contribution in [0.4, 0.5) is 16.2 Å². The summed E-state index contributed by atoms with van der Waals surface area (Å²) in [5.41, 5.74) is 2.66. The molecule has 4 rings (SSSR count). The van der Waals surface area contributed by atoms with Crippen LogP contribution in [0.2, 0.25) is 0 Å². The van der Waals surface area contributed by atoms with Crippen molar-refractivity contribution in [2.24, 2.45) is 0 Å². The highest BCUT2D eigenvalue weighted by Gasteiger charge is 2.51. The molecular formula is C23H20Br2N2O2. The molecule has 3 aromatic carbocycles. The standard InChI is InChI=1S/C23H20Br2N2O2/c1-15-11-16(2)13-17(12-15)23(29)14-26(20-7-3-18(24)4-8-20)22(28)27(23)21-9-5-19(25)6-10-21/h3-13,29H,14H2,1-2H3. The van der Waals surface area contributed by atoms with Crippen LogP contribution < -0.4 is 9.80 Å². The summed E-state index contributed by atoms with van der Waals surface area (Å²) in [6.45, 7) is 4.12. The molecule has 0 aromatic heterocycles. The summed E-state index contributed by atoms with van der Waals surface area (Å²) < 4.78 is 1.84. The van der Waals surface area contributed by atoms with Crippen LogP contribution in [0.25, 0.3) is 0 Å². The van der Waals surface area contributed by atoms with Crippen LogP contribution in [0.5, 0.6) is 0 Å². The van der Waals surface area contributed by atoms with E-state index in [1.54, 1.807) is 4.90 Å². The van der Waals surface area contributed by atoms with E-state index in [0.29, 0.717) is 11.3 Å². The molecule has 0 spiro atoms. The van der Waals surface area contributed by atoms with Crippen LogP contribution in [-0.2, 0) is 5.72 Å². The van der Waals surface area contributed by atoms with E-state index in [0.717, 1.165) is 25.8 Å².